The lowest BCUT2D eigenvalue weighted by atomic mass is 10.0. The Bertz CT molecular complexity index is 1300. The minimum Gasteiger partial charge on any atom is -0.462 e. The monoisotopic (exact) mass is 1170 g/mol. The molecule has 6 nitrogen and oxygen atoms in total. The van der Waals surface area contributed by atoms with Gasteiger partial charge in [-0.2, -0.15) is 0 Å². The molecule has 0 heterocycles. The predicted octanol–water partition coefficient (Wildman–Crippen LogP) is 26.3. The maximum absolute atomic E-state index is 13.0. The molecule has 0 spiro atoms. The highest BCUT2D eigenvalue weighted by molar-refractivity contribution is 5.71. The maximum atomic E-state index is 13.0. The number of esters is 3. The van der Waals surface area contributed by atoms with Gasteiger partial charge in [0.2, 0.25) is 0 Å². The second-order valence-corrected chi connectivity index (χ2v) is 26.3. The van der Waals surface area contributed by atoms with Crippen LogP contribution in [0.3, 0.4) is 0 Å². The van der Waals surface area contributed by atoms with Crippen molar-refractivity contribution in [1.82, 2.24) is 0 Å². The third-order valence-electron chi connectivity index (χ3n) is 17.8. The van der Waals surface area contributed by atoms with Crippen molar-refractivity contribution in [1.29, 1.82) is 0 Å². The van der Waals surface area contributed by atoms with Gasteiger partial charge in [0.05, 0.1) is 0 Å². The molecule has 0 rings (SSSR count). The fourth-order valence-electron chi connectivity index (χ4n) is 12.0. The van der Waals surface area contributed by atoms with Crippen LogP contribution < -0.4 is 0 Å². The number of unbranched alkanes of at least 4 members (excludes halogenated alkanes) is 59. The number of rotatable bonds is 72. The highest BCUT2D eigenvalue weighted by Gasteiger charge is 2.20. The zero-order valence-corrected chi connectivity index (χ0v) is 56.8. The summed E-state index contributed by atoms with van der Waals surface area (Å²) in [6, 6.07) is 0. The first kappa shape index (κ1) is 81.2. The Morgan fingerprint density at radius 2 is 0.398 bits per heavy atom. The number of hydrogen-bond donors (Lipinski definition) is 0. The average Bonchev–Trinajstić information content (AvgIpc) is 3.49. The molecule has 0 fully saturated rings. The summed E-state index contributed by atoms with van der Waals surface area (Å²) in [7, 11) is 0. The van der Waals surface area contributed by atoms with Crippen LogP contribution >= 0.6 is 0 Å². The van der Waals surface area contributed by atoms with Crippen LogP contribution in [0.1, 0.15) is 445 Å². The van der Waals surface area contributed by atoms with Gasteiger partial charge in [-0.25, -0.2) is 0 Å². The summed E-state index contributed by atoms with van der Waals surface area (Å²) in [6.45, 7) is 6.75. The Balaban J connectivity index is 4.26. The first-order chi connectivity index (χ1) is 41.0. The lowest BCUT2D eigenvalue weighted by molar-refractivity contribution is -0.167. The van der Waals surface area contributed by atoms with Crippen LogP contribution in [0, 0.1) is 0 Å². The number of hydrogen-bond acceptors (Lipinski definition) is 6. The summed E-state index contributed by atoms with van der Waals surface area (Å²) in [5.41, 5.74) is 0. The fourth-order valence-corrected chi connectivity index (χ4v) is 12.0. The minimum atomic E-state index is -0.768. The molecule has 0 aliphatic carbocycles. The van der Waals surface area contributed by atoms with Crippen molar-refractivity contribution in [2.75, 3.05) is 13.2 Å². The molecule has 0 N–H and O–H groups in total. The van der Waals surface area contributed by atoms with E-state index >= 15 is 0 Å². The van der Waals surface area contributed by atoms with Gasteiger partial charge in [-0.1, -0.05) is 392 Å². The smallest absolute Gasteiger partial charge is 0.306 e. The van der Waals surface area contributed by atoms with Gasteiger partial charge in [-0.3, -0.25) is 14.4 Å². The van der Waals surface area contributed by atoms with Gasteiger partial charge in [0.25, 0.3) is 0 Å². The molecule has 0 amide bonds. The Hall–Kier alpha value is -1.85. The van der Waals surface area contributed by atoms with Crippen molar-refractivity contribution in [3.05, 3.63) is 12.2 Å². The van der Waals surface area contributed by atoms with E-state index < -0.39 is 6.10 Å². The van der Waals surface area contributed by atoms with Crippen LogP contribution in [0.4, 0.5) is 0 Å². The molecular formula is C77H148O6. The number of carbonyl (C=O) groups is 3. The van der Waals surface area contributed by atoms with Crippen molar-refractivity contribution in [3.63, 3.8) is 0 Å². The average molecular weight is 1170 g/mol. The molecule has 0 saturated carbocycles. The molecule has 0 bridgehead atoms. The van der Waals surface area contributed by atoms with Crippen LogP contribution in [0.5, 0.6) is 0 Å². The van der Waals surface area contributed by atoms with Gasteiger partial charge >= 0.3 is 17.9 Å². The van der Waals surface area contributed by atoms with E-state index in [1.165, 1.54) is 347 Å². The third-order valence-corrected chi connectivity index (χ3v) is 17.8. The van der Waals surface area contributed by atoms with Crippen molar-refractivity contribution >= 4 is 17.9 Å². The second kappa shape index (κ2) is 72.6. The maximum Gasteiger partial charge on any atom is 0.306 e. The highest BCUT2D eigenvalue weighted by atomic mass is 16.6. The standard InChI is InChI=1S/C77H148O6/c1-4-7-10-13-16-19-22-25-28-31-34-36-38-39-41-43-46-49-52-55-58-61-64-67-70-76(79)82-73-74(72-81-75(78)69-66-63-60-57-54-51-48-45-42-33-30-27-24-21-18-15-12-9-6-3)83-77(80)71-68-65-62-59-56-53-50-47-44-40-37-35-32-29-26-23-20-17-14-11-8-5-2/h27,30,74H,4-26,28-29,31-73H2,1-3H3/b30-27-. The van der Waals surface area contributed by atoms with Gasteiger partial charge in [0.15, 0.2) is 6.10 Å². The summed E-state index contributed by atoms with van der Waals surface area (Å²) in [5, 5.41) is 0. The lowest BCUT2D eigenvalue weighted by Crippen LogP contribution is -2.30. The second-order valence-electron chi connectivity index (χ2n) is 26.3. The Labute approximate surface area is 520 Å². The van der Waals surface area contributed by atoms with Crippen LogP contribution in [0.15, 0.2) is 12.2 Å². The van der Waals surface area contributed by atoms with Crippen LogP contribution in [0.25, 0.3) is 0 Å². The van der Waals surface area contributed by atoms with E-state index in [-0.39, 0.29) is 31.1 Å². The van der Waals surface area contributed by atoms with Gasteiger partial charge in [-0.15, -0.1) is 0 Å². The van der Waals surface area contributed by atoms with E-state index in [9.17, 15) is 14.4 Å². The molecule has 0 radical (unpaired) electrons. The Morgan fingerprint density at radius 3 is 0.602 bits per heavy atom. The molecule has 0 aliphatic heterocycles. The van der Waals surface area contributed by atoms with Crippen LogP contribution in [0.2, 0.25) is 0 Å². The molecule has 0 saturated heterocycles. The van der Waals surface area contributed by atoms with Crippen molar-refractivity contribution in [2.24, 2.45) is 0 Å². The van der Waals surface area contributed by atoms with Crippen molar-refractivity contribution in [3.8, 4) is 0 Å². The van der Waals surface area contributed by atoms with E-state index in [0.717, 1.165) is 57.8 Å². The molecule has 1 atom stereocenters. The first-order valence-electron chi connectivity index (χ1n) is 38.2. The predicted molar refractivity (Wildman–Crippen MR) is 363 cm³/mol. The van der Waals surface area contributed by atoms with E-state index in [2.05, 4.69) is 32.9 Å². The topological polar surface area (TPSA) is 78.9 Å². The van der Waals surface area contributed by atoms with Crippen LogP contribution in [-0.2, 0) is 28.6 Å². The Morgan fingerprint density at radius 1 is 0.229 bits per heavy atom. The summed E-state index contributed by atoms with van der Waals surface area (Å²) >= 11 is 0. The van der Waals surface area contributed by atoms with E-state index in [0.29, 0.717) is 19.3 Å². The van der Waals surface area contributed by atoms with E-state index in [1.807, 2.05) is 0 Å². The molecule has 83 heavy (non-hydrogen) atoms. The largest absolute Gasteiger partial charge is 0.462 e. The van der Waals surface area contributed by atoms with Crippen molar-refractivity contribution in [2.45, 2.75) is 451 Å². The quantitative estimate of drug-likeness (QED) is 0.0261. The SMILES string of the molecule is CCCCCCCC/C=C\CCCCCCCCCCCC(=O)OCC(COC(=O)CCCCCCCCCCCCCCCCCCCCCCCCCC)OC(=O)CCCCCCCCCCCCCCCCCCCCCCCC. The van der Waals surface area contributed by atoms with Gasteiger partial charge < -0.3 is 14.2 Å². The molecule has 0 aromatic carbocycles. The molecule has 0 aromatic rings. The zero-order valence-electron chi connectivity index (χ0n) is 56.8. The molecule has 6 heteroatoms. The molecular weight excluding hydrogens is 1020 g/mol. The fraction of sp³-hybridized carbons (Fsp3) is 0.935. The molecule has 1 unspecified atom stereocenters. The normalized spacial score (nSPS) is 12.0. The Kier molecular flexibility index (Phi) is 71.0. The summed E-state index contributed by atoms with van der Waals surface area (Å²) in [4.78, 5) is 38.6. The minimum absolute atomic E-state index is 0.0629. The van der Waals surface area contributed by atoms with E-state index in [1.54, 1.807) is 0 Å². The van der Waals surface area contributed by atoms with Crippen LogP contribution in [-0.4, -0.2) is 37.2 Å². The number of ether oxygens (including phenoxy) is 3. The molecule has 0 aromatic heterocycles. The molecule has 0 aliphatic rings. The summed E-state index contributed by atoms with van der Waals surface area (Å²) in [6.07, 6.45) is 88.3. The third kappa shape index (κ3) is 70.8. The first-order valence-corrected chi connectivity index (χ1v) is 38.2. The zero-order chi connectivity index (χ0) is 59.9. The number of allylic oxidation sites excluding steroid dienone is 2. The summed E-state index contributed by atoms with van der Waals surface area (Å²) < 4.78 is 17.1. The number of carbonyl (C=O) groups excluding carboxylic acids is 3. The van der Waals surface area contributed by atoms with Crippen molar-refractivity contribution < 1.29 is 28.6 Å². The highest BCUT2D eigenvalue weighted by Crippen LogP contribution is 2.20. The lowest BCUT2D eigenvalue weighted by Gasteiger charge is -2.18. The van der Waals surface area contributed by atoms with Gasteiger partial charge in [-0.05, 0) is 44.9 Å². The van der Waals surface area contributed by atoms with E-state index in [4.69, 9.17) is 14.2 Å². The van der Waals surface area contributed by atoms with Gasteiger partial charge in [0.1, 0.15) is 13.2 Å². The molecule has 492 valence electrons. The summed E-state index contributed by atoms with van der Waals surface area (Å²) in [5.74, 6) is -0.823. The van der Waals surface area contributed by atoms with Gasteiger partial charge in [0, 0.05) is 19.3 Å².